The van der Waals surface area contributed by atoms with Crippen molar-refractivity contribution >= 4 is 31.6 Å². The van der Waals surface area contributed by atoms with E-state index in [0.717, 1.165) is 0 Å². The number of carbonyl (C=O) groups is 1. The first-order valence-corrected chi connectivity index (χ1v) is 12.2. The Balaban J connectivity index is 1.54. The molecule has 0 aliphatic heterocycles. The maximum atomic E-state index is 12.4. The molecule has 0 atom stereocenters. The van der Waals surface area contributed by atoms with Crippen LogP contribution in [-0.2, 0) is 31.4 Å². The molecule has 1 aromatic heterocycles. The molecule has 3 rings (SSSR count). The lowest BCUT2D eigenvalue weighted by molar-refractivity contribution is -0.116. The van der Waals surface area contributed by atoms with Crippen molar-refractivity contribution < 1.29 is 26.0 Å². The molecule has 0 radical (unpaired) electrons. The van der Waals surface area contributed by atoms with Gasteiger partial charge in [0.15, 0.2) is 0 Å². The van der Waals surface area contributed by atoms with Gasteiger partial charge < -0.3 is 9.73 Å². The van der Waals surface area contributed by atoms with Crippen LogP contribution in [0.4, 0.5) is 5.69 Å². The Hall–Kier alpha value is -2.99. The van der Waals surface area contributed by atoms with Gasteiger partial charge >= 0.3 is 0 Å². The second-order valence-corrected chi connectivity index (χ2v) is 9.97. The summed E-state index contributed by atoms with van der Waals surface area (Å²) in [6.07, 6.45) is 1.32. The van der Waals surface area contributed by atoms with E-state index in [0.29, 0.717) is 5.76 Å². The van der Waals surface area contributed by atoms with Gasteiger partial charge in [-0.3, -0.25) is 4.79 Å². The van der Waals surface area contributed by atoms with E-state index in [1.807, 2.05) is 0 Å². The third kappa shape index (κ3) is 6.49. The van der Waals surface area contributed by atoms with Crippen molar-refractivity contribution in [2.75, 3.05) is 11.9 Å². The highest BCUT2D eigenvalue weighted by molar-refractivity contribution is 7.89. The Morgan fingerprint density at radius 2 is 1.52 bits per heavy atom. The zero-order valence-corrected chi connectivity index (χ0v) is 17.9. The molecule has 3 aromatic rings. The van der Waals surface area contributed by atoms with Crippen LogP contribution in [0.15, 0.2) is 87.2 Å². The molecule has 0 fully saturated rings. The van der Waals surface area contributed by atoms with Crippen molar-refractivity contribution in [1.29, 1.82) is 0 Å². The number of sulfonamides is 2. The van der Waals surface area contributed by atoms with Gasteiger partial charge in [-0.25, -0.2) is 26.3 Å². The monoisotopic (exact) mass is 463 g/mol. The van der Waals surface area contributed by atoms with Crippen molar-refractivity contribution in [1.82, 2.24) is 9.44 Å². The quantitative estimate of drug-likeness (QED) is 0.421. The molecular formula is C20H21N3O6S2. The number of rotatable bonds is 10. The smallest absolute Gasteiger partial charge is 0.241 e. The maximum Gasteiger partial charge on any atom is 0.241 e. The number of furan rings is 1. The van der Waals surface area contributed by atoms with E-state index in [1.54, 1.807) is 30.3 Å². The summed E-state index contributed by atoms with van der Waals surface area (Å²) in [6, 6.07) is 16.9. The van der Waals surface area contributed by atoms with Crippen LogP contribution >= 0.6 is 0 Å². The summed E-state index contributed by atoms with van der Waals surface area (Å²) in [5, 5.41) is 2.57. The largest absolute Gasteiger partial charge is 0.468 e. The Morgan fingerprint density at radius 3 is 2.23 bits per heavy atom. The Bertz CT molecular complexity index is 1220. The van der Waals surface area contributed by atoms with E-state index in [-0.39, 0.29) is 35.0 Å². The van der Waals surface area contributed by atoms with E-state index in [4.69, 9.17) is 4.42 Å². The van der Waals surface area contributed by atoms with Crippen LogP contribution < -0.4 is 14.8 Å². The number of carbonyl (C=O) groups excluding carboxylic acids is 1. The molecule has 0 unspecified atom stereocenters. The normalized spacial score (nSPS) is 11.9. The predicted molar refractivity (Wildman–Crippen MR) is 114 cm³/mol. The summed E-state index contributed by atoms with van der Waals surface area (Å²) in [5.41, 5.74) is 0.275. The van der Waals surface area contributed by atoms with Gasteiger partial charge in [0.1, 0.15) is 5.76 Å². The first-order chi connectivity index (χ1) is 14.8. The minimum absolute atomic E-state index is 0.00647. The van der Waals surface area contributed by atoms with Crippen molar-refractivity contribution in [3.05, 3.63) is 78.8 Å². The lowest BCUT2D eigenvalue weighted by Gasteiger charge is -2.10. The van der Waals surface area contributed by atoms with Gasteiger partial charge in [-0.05, 0) is 42.5 Å². The van der Waals surface area contributed by atoms with Gasteiger partial charge in [0.2, 0.25) is 26.0 Å². The molecular weight excluding hydrogens is 442 g/mol. The Kier molecular flexibility index (Phi) is 7.23. The summed E-state index contributed by atoms with van der Waals surface area (Å²) >= 11 is 0. The van der Waals surface area contributed by atoms with Gasteiger partial charge in [-0.15, -0.1) is 0 Å². The highest BCUT2D eigenvalue weighted by atomic mass is 32.2. The van der Waals surface area contributed by atoms with Gasteiger partial charge in [0.25, 0.3) is 0 Å². The van der Waals surface area contributed by atoms with Gasteiger partial charge in [-0.1, -0.05) is 24.3 Å². The molecule has 164 valence electrons. The fourth-order valence-electron chi connectivity index (χ4n) is 2.61. The van der Waals surface area contributed by atoms with Crippen LogP contribution in [0.5, 0.6) is 0 Å². The minimum Gasteiger partial charge on any atom is -0.468 e. The van der Waals surface area contributed by atoms with E-state index < -0.39 is 26.0 Å². The number of amides is 1. The highest BCUT2D eigenvalue weighted by Gasteiger charge is 2.16. The molecule has 31 heavy (non-hydrogen) atoms. The third-order valence-electron chi connectivity index (χ3n) is 4.14. The minimum atomic E-state index is -3.81. The van der Waals surface area contributed by atoms with Crippen molar-refractivity contribution in [3.63, 3.8) is 0 Å². The Morgan fingerprint density at radius 1 is 0.806 bits per heavy atom. The van der Waals surface area contributed by atoms with Crippen LogP contribution in [0.25, 0.3) is 0 Å². The lowest BCUT2D eigenvalue weighted by atomic mass is 10.3. The molecule has 0 saturated heterocycles. The van der Waals surface area contributed by atoms with Gasteiger partial charge in [-0.2, -0.15) is 0 Å². The SMILES string of the molecule is O=C(CCNS(=O)(=O)c1ccccc1)Nc1cccc(S(=O)(=O)NCc2ccco2)c1. The predicted octanol–water partition coefficient (Wildman–Crippen LogP) is 2.07. The lowest BCUT2D eigenvalue weighted by Crippen LogP contribution is -2.28. The molecule has 1 amide bonds. The van der Waals surface area contributed by atoms with E-state index in [2.05, 4.69) is 14.8 Å². The zero-order chi connectivity index (χ0) is 22.3. The van der Waals surface area contributed by atoms with Crippen LogP contribution in [0.3, 0.4) is 0 Å². The fraction of sp³-hybridized carbons (Fsp3) is 0.150. The van der Waals surface area contributed by atoms with Crippen molar-refractivity contribution in [2.45, 2.75) is 22.8 Å². The number of benzene rings is 2. The molecule has 0 aliphatic carbocycles. The van der Waals surface area contributed by atoms with Crippen LogP contribution in [-0.4, -0.2) is 29.3 Å². The molecule has 3 N–H and O–H groups in total. The molecule has 0 spiro atoms. The molecule has 0 aliphatic rings. The van der Waals surface area contributed by atoms with Crippen LogP contribution in [0, 0.1) is 0 Å². The summed E-state index contributed by atoms with van der Waals surface area (Å²) in [4.78, 5) is 12.2. The topological polar surface area (TPSA) is 135 Å². The number of nitrogens with one attached hydrogen (secondary N) is 3. The van der Waals surface area contributed by atoms with Gasteiger partial charge in [0, 0.05) is 18.7 Å². The number of hydrogen-bond acceptors (Lipinski definition) is 6. The molecule has 0 bridgehead atoms. The molecule has 1 heterocycles. The number of anilines is 1. The Labute approximate surface area is 180 Å². The van der Waals surface area contributed by atoms with Crippen molar-refractivity contribution in [2.24, 2.45) is 0 Å². The summed E-state index contributed by atoms with van der Waals surface area (Å²) < 4.78 is 59.0. The van der Waals surface area contributed by atoms with Crippen LogP contribution in [0.2, 0.25) is 0 Å². The molecule has 2 aromatic carbocycles. The maximum absolute atomic E-state index is 12.4. The number of hydrogen-bond donors (Lipinski definition) is 3. The van der Waals surface area contributed by atoms with Crippen molar-refractivity contribution in [3.8, 4) is 0 Å². The average molecular weight is 464 g/mol. The van der Waals surface area contributed by atoms with E-state index in [1.165, 1.54) is 42.7 Å². The third-order valence-corrected chi connectivity index (χ3v) is 7.02. The van der Waals surface area contributed by atoms with Gasteiger partial charge in [0.05, 0.1) is 22.6 Å². The molecule has 11 heteroatoms. The first kappa shape index (κ1) is 22.7. The fourth-order valence-corrected chi connectivity index (χ4v) is 4.70. The zero-order valence-electron chi connectivity index (χ0n) is 16.3. The van der Waals surface area contributed by atoms with E-state index in [9.17, 15) is 21.6 Å². The first-order valence-electron chi connectivity index (χ1n) is 9.23. The second kappa shape index (κ2) is 9.88. The summed E-state index contributed by atoms with van der Waals surface area (Å²) in [7, 11) is -7.52. The molecule has 0 saturated carbocycles. The molecule has 9 nitrogen and oxygen atoms in total. The summed E-state index contributed by atoms with van der Waals surface area (Å²) in [6.45, 7) is -0.112. The highest BCUT2D eigenvalue weighted by Crippen LogP contribution is 2.16. The van der Waals surface area contributed by atoms with E-state index >= 15 is 0 Å². The average Bonchev–Trinajstić information content (AvgIpc) is 3.27. The second-order valence-electron chi connectivity index (χ2n) is 6.44. The standard InChI is InChI=1S/C20H21N3O6S2/c24-20(11-12-21-30(25,26)18-8-2-1-3-9-18)23-16-6-4-10-19(14-16)31(27,28)22-15-17-7-5-13-29-17/h1-10,13-14,21-22H,11-12,15H2,(H,23,24). The van der Waals surface area contributed by atoms with Crippen LogP contribution in [0.1, 0.15) is 12.2 Å². The summed E-state index contributed by atoms with van der Waals surface area (Å²) in [5.74, 6) is -0.000147.